The number of allylic oxidation sites excluding steroid dienone is 3. The van der Waals surface area contributed by atoms with Crippen molar-refractivity contribution in [2.24, 2.45) is 0 Å². The van der Waals surface area contributed by atoms with Gasteiger partial charge in [0.05, 0.1) is 5.56 Å². The van der Waals surface area contributed by atoms with E-state index in [1.807, 2.05) is 0 Å². The van der Waals surface area contributed by atoms with Crippen molar-refractivity contribution in [1.82, 2.24) is 14.9 Å². The van der Waals surface area contributed by atoms with E-state index < -0.39 is 29.1 Å². The van der Waals surface area contributed by atoms with Crippen molar-refractivity contribution in [3.63, 3.8) is 0 Å². The van der Waals surface area contributed by atoms with Gasteiger partial charge in [0.2, 0.25) is 11.8 Å². The molecule has 0 aliphatic carbocycles. The lowest BCUT2D eigenvalue weighted by Gasteiger charge is -2.22. The summed E-state index contributed by atoms with van der Waals surface area (Å²) in [5.41, 5.74) is -0.347. The third kappa shape index (κ3) is 2.76. The molecule has 0 aromatic carbocycles. The average Bonchev–Trinajstić information content (AvgIpc) is 2.41. The largest absolute Gasteiger partial charge is 0.329 e. The Bertz CT molecular complexity index is 754. The molecule has 1 aromatic rings. The second-order valence-electron chi connectivity index (χ2n) is 4.73. The van der Waals surface area contributed by atoms with Crippen molar-refractivity contribution < 1.29 is 9.59 Å². The number of amides is 2. The van der Waals surface area contributed by atoms with Gasteiger partial charge in [-0.25, -0.2) is 9.36 Å². The van der Waals surface area contributed by atoms with E-state index in [-0.39, 0.29) is 18.4 Å². The molecule has 0 radical (unpaired) electrons. The number of rotatable bonds is 3. The summed E-state index contributed by atoms with van der Waals surface area (Å²) in [6.45, 7) is 5.25. The molecule has 0 saturated carbocycles. The smallest absolute Gasteiger partial charge is 0.313 e. The fourth-order valence-corrected chi connectivity index (χ4v) is 2.25. The van der Waals surface area contributed by atoms with Gasteiger partial charge in [0, 0.05) is 12.6 Å². The molecule has 110 valence electrons. The monoisotopic (exact) mass is 289 g/mol. The molecule has 2 heterocycles. The Morgan fingerprint density at radius 3 is 2.71 bits per heavy atom. The van der Waals surface area contributed by atoms with Crippen molar-refractivity contribution in [1.29, 1.82) is 0 Å². The van der Waals surface area contributed by atoms with Crippen LogP contribution in [0.2, 0.25) is 0 Å². The second-order valence-corrected chi connectivity index (χ2v) is 4.73. The molecule has 2 rings (SSSR count). The van der Waals surface area contributed by atoms with E-state index in [9.17, 15) is 19.2 Å². The number of aromatic nitrogens is 2. The molecule has 7 nitrogen and oxygen atoms in total. The third-order valence-corrected chi connectivity index (χ3v) is 3.32. The van der Waals surface area contributed by atoms with Gasteiger partial charge in [-0.2, -0.15) is 0 Å². The van der Waals surface area contributed by atoms with Crippen LogP contribution in [0.3, 0.4) is 0 Å². The minimum Gasteiger partial charge on any atom is -0.313 e. The lowest BCUT2D eigenvalue weighted by Crippen LogP contribution is -2.49. The fraction of sp³-hybridized carbons (Fsp3) is 0.286. The normalized spacial score (nSPS) is 19.3. The van der Waals surface area contributed by atoms with Crippen LogP contribution in [0.1, 0.15) is 31.4 Å². The molecular weight excluding hydrogens is 274 g/mol. The highest BCUT2D eigenvalue weighted by Crippen LogP contribution is 2.16. The fourth-order valence-electron chi connectivity index (χ4n) is 2.25. The summed E-state index contributed by atoms with van der Waals surface area (Å²) >= 11 is 0. The predicted molar refractivity (Wildman–Crippen MR) is 76.6 cm³/mol. The molecule has 1 fully saturated rings. The zero-order chi connectivity index (χ0) is 15.6. The average molecular weight is 289 g/mol. The van der Waals surface area contributed by atoms with E-state index in [1.54, 1.807) is 13.0 Å². The molecule has 2 amide bonds. The number of carbonyl (C=O) groups excluding carboxylic acids is 2. The van der Waals surface area contributed by atoms with Crippen LogP contribution in [0.4, 0.5) is 0 Å². The number of imide groups is 1. The highest BCUT2D eigenvalue weighted by molar-refractivity contribution is 5.99. The first-order valence-electron chi connectivity index (χ1n) is 6.43. The molecule has 1 aliphatic rings. The van der Waals surface area contributed by atoms with Crippen LogP contribution in [0.25, 0.3) is 5.57 Å². The lowest BCUT2D eigenvalue weighted by molar-refractivity contribution is -0.135. The van der Waals surface area contributed by atoms with Crippen LogP contribution in [-0.2, 0) is 9.59 Å². The maximum atomic E-state index is 12.4. The van der Waals surface area contributed by atoms with Gasteiger partial charge in [-0.3, -0.25) is 19.7 Å². The van der Waals surface area contributed by atoms with Gasteiger partial charge < -0.3 is 4.98 Å². The van der Waals surface area contributed by atoms with Crippen LogP contribution in [0.15, 0.2) is 34.5 Å². The number of aromatic amines is 1. The van der Waals surface area contributed by atoms with E-state index >= 15 is 0 Å². The highest BCUT2D eigenvalue weighted by atomic mass is 16.2. The second kappa shape index (κ2) is 5.74. The Morgan fingerprint density at radius 1 is 1.38 bits per heavy atom. The van der Waals surface area contributed by atoms with Gasteiger partial charge in [0.15, 0.2) is 0 Å². The maximum Gasteiger partial charge on any atom is 0.329 e. The van der Waals surface area contributed by atoms with E-state index in [4.69, 9.17) is 0 Å². The number of hydrogen-bond donors (Lipinski definition) is 2. The van der Waals surface area contributed by atoms with Crippen molar-refractivity contribution in [2.45, 2.75) is 25.8 Å². The van der Waals surface area contributed by atoms with Crippen LogP contribution in [0, 0.1) is 0 Å². The van der Waals surface area contributed by atoms with Gasteiger partial charge in [-0.1, -0.05) is 18.7 Å². The number of nitrogens with zero attached hydrogens (tertiary/aromatic N) is 1. The van der Waals surface area contributed by atoms with Gasteiger partial charge in [0.1, 0.15) is 6.04 Å². The Hall–Kier alpha value is -2.70. The van der Waals surface area contributed by atoms with Gasteiger partial charge in [-0.05, 0) is 18.9 Å². The number of hydrogen-bond acceptors (Lipinski definition) is 4. The lowest BCUT2D eigenvalue weighted by atomic mass is 10.1. The zero-order valence-corrected chi connectivity index (χ0v) is 11.5. The van der Waals surface area contributed by atoms with E-state index in [1.165, 1.54) is 12.3 Å². The standard InChI is InChI=1S/C14H15N3O4/c1-3-4-8(2)9-7-15-14(21)17(13(9)20)10-5-6-11(18)16-12(10)19/h3-4,7,10H,1,5-6H2,2H3,(H,15,21)(H,16,18,19)/b8-4-. The van der Waals surface area contributed by atoms with Crippen LogP contribution >= 0.6 is 0 Å². The molecule has 1 atom stereocenters. The molecule has 0 bridgehead atoms. The molecule has 0 spiro atoms. The van der Waals surface area contributed by atoms with Gasteiger partial charge in [0.25, 0.3) is 5.56 Å². The summed E-state index contributed by atoms with van der Waals surface area (Å²) in [6, 6.07) is -0.976. The molecule has 1 saturated heterocycles. The summed E-state index contributed by atoms with van der Waals surface area (Å²) in [6.07, 6.45) is 4.68. The van der Waals surface area contributed by atoms with Crippen molar-refractivity contribution in [2.75, 3.05) is 0 Å². The number of H-pyrrole nitrogens is 1. The summed E-state index contributed by atoms with van der Waals surface area (Å²) in [5, 5.41) is 2.13. The molecule has 1 unspecified atom stereocenters. The Balaban J connectivity index is 2.57. The number of nitrogens with one attached hydrogen (secondary N) is 2. The Kier molecular flexibility index (Phi) is 4.02. The molecule has 21 heavy (non-hydrogen) atoms. The summed E-state index contributed by atoms with van der Waals surface area (Å²) < 4.78 is 0.859. The summed E-state index contributed by atoms with van der Waals surface area (Å²) in [4.78, 5) is 49.8. The molecular formula is C14H15N3O4. The first-order chi connectivity index (χ1) is 9.95. The first-order valence-corrected chi connectivity index (χ1v) is 6.43. The van der Waals surface area contributed by atoms with E-state index in [0.29, 0.717) is 5.57 Å². The molecule has 1 aliphatic heterocycles. The number of carbonyl (C=O) groups is 2. The van der Waals surface area contributed by atoms with Crippen molar-refractivity contribution >= 4 is 17.4 Å². The zero-order valence-electron chi connectivity index (χ0n) is 11.5. The van der Waals surface area contributed by atoms with Gasteiger partial charge in [-0.15, -0.1) is 0 Å². The minimum absolute atomic E-state index is 0.0913. The van der Waals surface area contributed by atoms with E-state index in [0.717, 1.165) is 4.57 Å². The van der Waals surface area contributed by atoms with Crippen molar-refractivity contribution in [3.05, 3.63) is 51.3 Å². The third-order valence-electron chi connectivity index (χ3n) is 3.32. The van der Waals surface area contributed by atoms with Crippen molar-refractivity contribution in [3.8, 4) is 0 Å². The maximum absolute atomic E-state index is 12.4. The SMILES string of the molecule is C=C/C=C(/C)c1c[nH]c(=O)n(C2CCC(=O)NC2=O)c1=O. The van der Waals surface area contributed by atoms with Crippen LogP contribution in [-0.4, -0.2) is 21.4 Å². The summed E-state index contributed by atoms with van der Waals surface area (Å²) in [5.74, 6) is -1.04. The van der Waals surface area contributed by atoms with Gasteiger partial charge >= 0.3 is 5.69 Å². The number of piperidine rings is 1. The minimum atomic E-state index is -0.976. The molecule has 1 aromatic heterocycles. The quantitative estimate of drug-likeness (QED) is 0.609. The van der Waals surface area contributed by atoms with E-state index in [2.05, 4.69) is 16.9 Å². The van der Waals surface area contributed by atoms with Crippen LogP contribution < -0.4 is 16.6 Å². The Morgan fingerprint density at radius 2 is 2.10 bits per heavy atom. The first kappa shape index (κ1) is 14.7. The molecule has 2 N–H and O–H groups in total. The van der Waals surface area contributed by atoms with Crippen LogP contribution in [0.5, 0.6) is 0 Å². The topological polar surface area (TPSA) is 101 Å². The highest BCUT2D eigenvalue weighted by Gasteiger charge is 2.30. The Labute approximate surface area is 120 Å². The summed E-state index contributed by atoms with van der Waals surface area (Å²) in [7, 11) is 0. The molecule has 7 heteroatoms. The predicted octanol–water partition coefficient (Wildman–Crippen LogP) is 0.104.